The van der Waals surface area contributed by atoms with E-state index in [2.05, 4.69) is 26.3 Å². The topological polar surface area (TPSA) is 95.9 Å². The van der Waals surface area contributed by atoms with Gasteiger partial charge in [-0.15, -0.1) is 0 Å². The maximum absolute atomic E-state index is 9.24. The van der Waals surface area contributed by atoms with E-state index >= 15 is 0 Å². The van der Waals surface area contributed by atoms with Gasteiger partial charge in [0, 0.05) is 31.4 Å². The molecule has 0 atom stereocenters. The first kappa shape index (κ1) is 17.9. The lowest BCUT2D eigenvalue weighted by Crippen LogP contribution is -2.30. The van der Waals surface area contributed by atoms with Crippen LogP contribution in [-0.2, 0) is 9.47 Å². The van der Waals surface area contributed by atoms with Crippen molar-refractivity contribution in [1.82, 2.24) is 15.0 Å². The number of rotatable bonds is 7. The van der Waals surface area contributed by atoms with Gasteiger partial charge in [0.2, 0.25) is 0 Å². The van der Waals surface area contributed by atoms with Crippen molar-refractivity contribution < 1.29 is 9.47 Å². The van der Waals surface area contributed by atoms with E-state index in [0.717, 1.165) is 27.9 Å². The van der Waals surface area contributed by atoms with Crippen LogP contribution in [0.4, 0.5) is 5.82 Å². The monoisotopic (exact) mass is 351 g/mol. The van der Waals surface area contributed by atoms with Gasteiger partial charge >= 0.3 is 0 Å². The van der Waals surface area contributed by atoms with E-state index in [0.29, 0.717) is 24.6 Å². The predicted octanol–water partition coefficient (Wildman–Crippen LogP) is 2.88. The zero-order valence-corrected chi connectivity index (χ0v) is 15.0. The Morgan fingerprint density at radius 2 is 2.04 bits per heavy atom. The number of hydrogen-bond donors (Lipinski definition) is 2. The molecule has 2 aromatic heterocycles. The average molecular weight is 351 g/mol. The van der Waals surface area contributed by atoms with Crippen molar-refractivity contribution in [3.63, 3.8) is 0 Å². The number of methoxy groups -OCH3 is 2. The van der Waals surface area contributed by atoms with Gasteiger partial charge in [0.15, 0.2) is 0 Å². The minimum atomic E-state index is -0.00451. The van der Waals surface area contributed by atoms with Crippen LogP contribution in [0.5, 0.6) is 0 Å². The second-order valence-corrected chi connectivity index (χ2v) is 5.98. The molecule has 2 N–H and O–H groups in total. The lowest BCUT2D eigenvalue weighted by atomic mass is 10.1. The number of fused-ring (bicyclic) bond motifs is 1. The van der Waals surface area contributed by atoms with Gasteiger partial charge < -0.3 is 19.8 Å². The van der Waals surface area contributed by atoms with Crippen molar-refractivity contribution >= 4 is 16.7 Å². The zero-order chi connectivity index (χ0) is 18.5. The first-order chi connectivity index (χ1) is 12.7. The second kappa shape index (κ2) is 7.95. The second-order valence-electron chi connectivity index (χ2n) is 5.98. The number of benzene rings is 1. The Kier molecular flexibility index (Phi) is 5.46. The number of para-hydroxylation sites is 1. The van der Waals surface area contributed by atoms with Crippen LogP contribution in [0.2, 0.25) is 0 Å². The van der Waals surface area contributed by atoms with E-state index < -0.39 is 0 Å². The molecule has 7 heteroatoms. The van der Waals surface area contributed by atoms with E-state index in [4.69, 9.17) is 9.47 Å². The molecule has 0 aliphatic heterocycles. The van der Waals surface area contributed by atoms with Gasteiger partial charge in [0.1, 0.15) is 11.9 Å². The molecule has 3 rings (SSSR count). The Morgan fingerprint density at radius 3 is 2.69 bits per heavy atom. The summed E-state index contributed by atoms with van der Waals surface area (Å²) in [6.45, 7) is 2.93. The normalized spacial score (nSPS) is 11.0. The molecule has 26 heavy (non-hydrogen) atoms. The summed E-state index contributed by atoms with van der Waals surface area (Å²) < 4.78 is 10.4. The van der Waals surface area contributed by atoms with E-state index in [1.165, 1.54) is 0 Å². The summed E-state index contributed by atoms with van der Waals surface area (Å²) in [6.07, 6.45) is 3.59. The molecule has 0 saturated carbocycles. The number of aryl methyl sites for hydroxylation is 1. The van der Waals surface area contributed by atoms with Crippen molar-refractivity contribution in [3.8, 4) is 17.3 Å². The fraction of sp³-hybridized carbons (Fsp3) is 0.316. The van der Waals surface area contributed by atoms with Gasteiger partial charge in [-0.3, -0.25) is 0 Å². The minimum Gasteiger partial charge on any atom is -0.382 e. The van der Waals surface area contributed by atoms with Crippen LogP contribution in [0.25, 0.3) is 22.2 Å². The van der Waals surface area contributed by atoms with E-state index in [9.17, 15) is 5.26 Å². The van der Waals surface area contributed by atoms with Gasteiger partial charge in [0.05, 0.1) is 47.9 Å². The molecule has 7 nitrogen and oxygen atoms in total. The smallest absolute Gasteiger partial charge is 0.147 e. The van der Waals surface area contributed by atoms with Crippen molar-refractivity contribution in [2.45, 2.75) is 13.0 Å². The van der Waals surface area contributed by atoms with Gasteiger partial charge in [0.25, 0.3) is 0 Å². The summed E-state index contributed by atoms with van der Waals surface area (Å²) in [6, 6.07) is 7.83. The number of anilines is 1. The highest BCUT2D eigenvalue weighted by atomic mass is 16.5. The van der Waals surface area contributed by atoms with E-state index in [1.54, 1.807) is 26.5 Å². The van der Waals surface area contributed by atoms with Crippen molar-refractivity contribution in [3.05, 3.63) is 41.9 Å². The maximum atomic E-state index is 9.24. The third-order valence-corrected chi connectivity index (χ3v) is 4.14. The Labute approximate surface area is 152 Å². The number of nitrogens with one attached hydrogen (secondary N) is 2. The number of aromatic amines is 1. The molecule has 0 aliphatic carbocycles. The fourth-order valence-corrected chi connectivity index (χ4v) is 2.94. The quantitative estimate of drug-likeness (QED) is 0.679. The molecular formula is C19H21N5O2. The van der Waals surface area contributed by atoms with E-state index in [-0.39, 0.29) is 6.04 Å². The van der Waals surface area contributed by atoms with Crippen LogP contribution in [0.3, 0.4) is 0 Å². The summed E-state index contributed by atoms with van der Waals surface area (Å²) in [7, 11) is 3.30. The SMILES string of the molecule is COCC(COC)Nc1ncc(-c2c[nH]c3c(C#N)cccc23)nc1C. The molecule has 0 saturated heterocycles. The van der Waals surface area contributed by atoms with Crippen molar-refractivity contribution in [1.29, 1.82) is 5.26 Å². The molecule has 0 bridgehead atoms. The number of ether oxygens (including phenoxy) is 2. The molecule has 3 aromatic rings. The van der Waals surface area contributed by atoms with Gasteiger partial charge in [-0.05, 0) is 13.0 Å². The highest BCUT2D eigenvalue weighted by Gasteiger charge is 2.14. The summed E-state index contributed by atoms with van der Waals surface area (Å²) in [4.78, 5) is 12.4. The summed E-state index contributed by atoms with van der Waals surface area (Å²) in [5.41, 5.74) is 3.88. The molecule has 0 amide bonds. The summed E-state index contributed by atoms with van der Waals surface area (Å²) >= 11 is 0. The highest BCUT2D eigenvalue weighted by molar-refractivity contribution is 5.97. The van der Waals surface area contributed by atoms with Crippen LogP contribution in [0, 0.1) is 18.3 Å². The lowest BCUT2D eigenvalue weighted by molar-refractivity contribution is 0.126. The van der Waals surface area contributed by atoms with Gasteiger partial charge in [-0.2, -0.15) is 5.26 Å². The molecule has 0 unspecified atom stereocenters. The van der Waals surface area contributed by atoms with Crippen molar-refractivity contribution in [2.75, 3.05) is 32.8 Å². The molecule has 0 spiro atoms. The van der Waals surface area contributed by atoms with Crippen LogP contribution in [-0.4, -0.2) is 48.4 Å². The highest BCUT2D eigenvalue weighted by Crippen LogP contribution is 2.29. The first-order valence-corrected chi connectivity index (χ1v) is 8.26. The third-order valence-electron chi connectivity index (χ3n) is 4.14. The average Bonchev–Trinajstić information content (AvgIpc) is 3.08. The number of nitrogens with zero attached hydrogens (tertiary/aromatic N) is 3. The van der Waals surface area contributed by atoms with E-state index in [1.807, 2.05) is 25.3 Å². The number of nitriles is 1. The van der Waals surface area contributed by atoms with Gasteiger partial charge in [-0.25, -0.2) is 9.97 Å². The fourth-order valence-electron chi connectivity index (χ4n) is 2.94. The Hall–Kier alpha value is -2.95. The predicted molar refractivity (Wildman–Crippen MR) is 99.9 cm³/mol. The number of hydrogen-bond acceptors (Lipinski definition) is 6. The van der Waals surface area contributed by atoms with Crippen molar-refractivity contribution in [2.24, 2.45) is 0 Å². The molecule has 0 radical (unpaired) electrons. The number of H-pyrrole nitrogens is 1. The molecule has 134 valence electrons. The third kappa shape index (κ3) is 3.52. The Morgan fingerprint density at radius 1 is 1.27 bits per heavy atom. The van der Waals surface area contributed by atoms with Crippen LogP contribution in [0.15, 0.2) is 30.6 Å². The molecule has 0 fully saturated rings. The zero-order valence-electron chi connectivity index (χ0n) is 15.0. The van der Waals surface area contributed by atoms with Crippen LogP contribution in [0.1, 0.15) is 11.3 Å². The largest absolute Gasteiger partial charge is 0.382 e. The van der Waals surface area contributed by atoms with Crippen LogP contribution >= 0.6 is 0 Å². The minimum absolute atomic E-state index is 0.00451. The van der Waals surface area contributed by atoms with Gasteiger partial charge in [-0.1, -0.05) is 12.1 Å². The standard InChI is InChI=1S/C19H21N5O2/c1-12-19(24-14(10-25-2)11-26-3)22-9-17(23-12)16-8-21-18-13(7-20)5-4-6-15(16)18/h4-6,8-9,14,21H,10-11H2,1-3H3,(H,22,24). The van der Waals surface area contributed by atoms with Crippen LogP contribution < -0.4 is 5.32 Å². The first-order valence-electron chi connectivity index (χ1n) is 8.26. The molecule has 1 aromatic carbocycles. The number of aromatic nitrogens is 3. The Balaban J connectivity index is 1.92. The summed E-state index contributed by atoms with van der Waals surface area (Å²) in [5.74, 6) is 0.699. The molecule has 2 heterocycles. The molecular weight excluding hydrogens is 330 g/mol. The Bertz CT molecular complexity index is 939. The maximum Gasteiger partial charge on any atom is 0.147 e. The molecule has 0 aliphatic rings. The lowest BCUT2D eigenvalue weighted by Gasteiger charge is -2.18. The summed E-state index contributed by atoms with van der Waals surface area (Å²) in [5, 5.41) is 13.5.